The average Bonchev–Trinajstić information content (AvgIpc) is 2.12. The summed E-state index contributed by atoms with van der Waals surface area (Å²) in [5.41, 5.74) is 5.28. The van der Waals surface area contributed by atoms with E-state index in [4.69, 9.17) is 10.5 Å². The van der Waals surface area contributed by atoms with Crippen molar-refractivity contribution in [2.24, 2.45) is 11.7 Å². The lowest BCUT2D eigenvalue weighted by Crippen LogP contribution is -2.29. The summed E-state index contributed by atoms with van der Waals surface area (Å²) in [6, 6.07) is 0. The molecule has 0 saturated heterocycles. The SMILES string of the molecule is CC(C)CCNC(=O)COCCCN. The summed E-state index contributed by atoms with van der Waals surface area (Å²) in [5, 5.41) is 2.80. The lowest BCUT2D eigenvalue weighted by atomic mass is 10.1. The molecule has 0 aromatic rings. The first kappa shape index (κ1) is 13.4. The van der Waals surface area contributed by atoms with E-state index in [1.54, 1.807) is 0 Å². The van der Waals surface area contributed by atoms with E-state index in [2.05, 4.69) is 19.2 Å². The van der Waals surface area contributed by atoms with E-state index < -0.39 is 0 Å². The van der Waals surface area contributed by atoms with Crippen LogP contribution in [0, 0.1) is 5.92 Å². The van der Waals surface area contributed by atoms with Crippen molar-refractivity contribution in [3.05, 3.63) is 0 Å². The number of rotatable bonds is 8. The molecule has 4 nitrogen and oxygen atoms in total. The second kappa shape index (κ2) is 8.97. The molecule has 0 saturated carbocycles. The minimum Gasteiger partial charge on any atom is -0.372 e. The molecule has 0 unspecified atom stereocenters. The zero-order valence-corrected chi connectivity index (χ0v) is 9.21. The topological polar surface area (TPSA) is 64.3 Å². The van der Waals surface area contributed by atoms with Crippen molar-refractivity contribution in [1.82, 2.24) is 5.32 Å². The van der Waals surface area contributed by atoms with Crippen LogP contribution < -0.4 is 11.1 Å². The van der Waals surface area contributed by atoms with Gasteiger partial charge in [0.25, 0.3) is 0 Å². The van der Waals surface area contributed by atoms with E-state index in [0.29, 0.717) is 19.1 Å². The van der Waals surface area contributed by atoms with Crippen molar-refractivity contribution in [2.45, 2.75) is 26.7 Å². The Morgan fingerprint density at radius 1 is 1.50 bits per heavy atom. The van der Waals surface area contributed by atoms with Gasteiger partial charge in [0.05, 0.1) is 0 Å². The lowest BCUT2D eigenvalue weighted by molar-refractivity contribution is -0.125. The number of ether oxygens (including phenoxy) is 1. The van der Waals surface area contributed by atoms with E-state index in [-0.39, 0.29) is 12.5 Å². The molecule has 4 heteroatoms. The summed E-state index contributed by atoms with van der Waals surface area (Å²) in [6.07, 6.45) is 1.81. The van der Waals surface area contributed by atoms with E-state index >= 15 is 0 Å². The monoisotopic (exact) mass is 202 g/mol. The minimum absolute atomic E-state index is 0.0392. The van der Waals surface area contributed by atoms with Crippen LogP contribution in [0.4, 0.5) is 0 Å². The Morgan fingerprint density at radius 2 is 2.21 bits per heavy atom. The maximum atomic E-state index is 11.1. The van der Waals surface area contributed by atoms with Gasteiger partial charge in [-0.15, -0.1) is 0 Å². The molecule has 0 fully saturated rings. The Balaban J connectivity index is 3.20. The molecule has 3 N–H and O–H groups in total. The fourth-order valence-electron chi connectivity index (χ4n) is 0.902. The number of hydrogen-bond donors (Lipinski definition) is 2. The Morgan fingerprint density at radius 3 is 2.79 bits per heavy atom. The van der Waals surface area contributed by atoms with E-state index in [0.717, 1.165) is 19.4 Å². The van der Waals surface area contributed by atoms with Gasteiger partial charge in [0, 0.05) is 13.2 Å². The molecule has 0 bridgehead atoms. The third kappa shape index (κ3) is 9.48. The first-order chi connectivity index (χ1) is 6.66. The van der Waals surface area contributed by atoms with Gasteiger partial charge in [-0.3, -0.25) is 4.79 Å². The third-order valence-corrected chi connectivity index (χ3v) is 1.77. The maximum absolute atomic E-state index is 11.1. The summed E-state index contributed by atoms with van der Waals surface area (Å²) in [4.78, 5) is 11.1. The van der Waals surface area contributed by atoms with Crippen molar-refractivity contribution >= 4 is 5.91 Å². The van der Waals surface area contributed by atoms with E-state index in [1.165, 1.54) is 0 Å². The number of carbonyl (C=O) groups excluding carboxylic acids is 1. The van der Waals surface area contributed by atoms with Crippen LogP contribution in [0.1, 0.15) is 26.7 Å². The molecule has 0 heterocycles. The summed E-state index contributed by atoms with van der Waals surface area (Å²) in [7, 11) is 0. The van der Waals surface area contributed by atoms with Crippen LogP contribution >= 0.6 is 0 Å². The summed E-state index contributed by atoms with van der Waals surface area (Å²) in [6.45, 7) is 6.31. The first-order valence-electron chi connectivity index (χ1n) is 5.21. The quantitative estimate of drug-likeness (QED) is 0.564. The minimum atomic E-state index is -0.0392. The summed E-state index contributed by atoms with van der Waals surface area (Å²) in [5.74, 6) is 0.580. The Hall–Kier alpha value is -0.610. The molecule has 0 aliphatic carbocycles. The van der Waals surface area contributed by atoms with Crippen LogP contribution in [0.2, 0.25) is 0 Å². The van der Waals surface area contributed by atoms with Crippen LogP contribution in [0.3, 0.4) is 0 Å². The van der Waals surface area contributed by atoms with Crippen LogP contribution in [0.5, 0.6) is 0 Å². The maximum Gasteiger partial charge on any atom is 0.245 e. The van der Waals surface area contributed by atoms with Gasteiger partial charge in [-0.2, -0.15) is 0 Å². The first-order valence-corrected chi connectivity index (χ1v) is 5.21. The second-order valence-electron chi connectivity index (χ2n) is 3.73. The fraction of sp³-hybridized carbons (Fsp3) is 0.900. The van der Waals surface area contributed by atoms with Gasteiger partial charge in [0.1, 0.15) is 6.61 Å². The van der Waals surface area contributed by atoms with Gasteiger partial charge in [-0.1, -0.05) is 13.8 Å². The molecule has 0 spiro atoms. The number of nitrogens with two attached hydrogens (primary N) is 1. The third-order valence-electron chi connectivity index (χ3n) is 1.77. The normalized spacial score (nSPS) is 10.6. The average molecular weight is 202 g/mol. The van der Waals surface area contributed by atoms with Gasteiger partial charge in [0.2, 0.25) is 5.91 Å². The zero-order chi connectivity index (χ0) is 10.8. The molecule has 1 amide bonds. The molecule has 0 aromatic carbocycles. The van der Waals surface area contributed by atoms with Crippen LogP contribution in [-0.2, 0) is 9.53 Å². The predicted octanol–water partition coefficient (Wildman–Crippen LogP) is 0.514. The molecule has 14 heavy (non-hydrogen) atoms. The molecule has 0 aromatic heterocycles. The molecule has 0 rings (SSSR count). The van der Waals surface area contributed by atoms with Crippen molar-refractivity contribution < 1.29 is 9.53 Å². The molecule has 84 valence electrons. The molecule has 0 aliphatic rings. The molecular formula is C10H22N2O2. The number of carbonyl (C=O) groups is 1. The van der Waals surface area contributed by atoms with Gasteiger partial charge < -0.3 is 15.8 Å². The van der Waals surface area contributed by atoms with E-state index in [1.807, 2.05) is 0 Å². The number of amides is 1. The summed E-state index contributed by atoms with van der Waals surface area (Å²) < 4.78 is 5.10. The zero-order valence-electron chi connectivity index (χ0n) is 9.21. The largest absolute Gasteiger partial charge is 0.372 e. The van der Waals surface area contributed by atoms with Crippen molar-refractivity contribution in [3.8, 4) is 0 Å². The van der Waals surface area contributed by atoms with Crippen molar-refractivity contribution in [2.75, 3.05) is 26.3 Å². The number of nitrogens with one attached hydrogen (secondary N) is 1. The molecular weight excluding hydrogens is 180 g/mol. The Labute approximate surface area is 86.2 Å². The van der Waals surface area contributed by atoms with Gasteiger partial charge in [-0.05, 0) is 25.3 Å². The smallest absolute Gasteiger partial charge is 0.245 e. The number of hydrogen-bond acceptors (Lipinski definition) is 3. The highest BCUT2D eigenvalue weighted by atomic mass is 16.5. The van der Waals surface area contributed by atoms with Crippen LogP contribution in [0.25, 0.3) is 0 Å². The van der Waals surface area contributed by atoms with E-state index in [9.17, 15) is 4.79 Å². The predicted molar refractivity (Wildman–Crippen MR) is 57.0 cm³/mol. The summed E-state index contributed by atoms with van der Waals surface area (Å²) >= 11 is 0. The highest BCUT2D eigenvalue weighted by Crippen LogP contribution is 1.95. The second-order valence-corrected chi connectivity index (χ2v) is 3.73. The highest BCUT2D eigenvalue weighted by molar-refractivity contribution is 5.77. The standard InChI is InChI=1S/C10H22N2O2/c1-9(2)4-6-12-10(13)8-14-7-3-5-11/h9H,3-8,11H2,1-2H3,(H,12,13). The Bertz CT molecular complexity index is 149. The van der Waals surface area contributed by atoms with Gasteiger partial charge in [0.15, 0.2) is 0 Å². The highest BCUT2D eigenvalue weighted by Gasteiger charge is 2.00. The van der Waals surface area contributed by atoms with Crippen molar-refractivity contribution in [1.29, 1.82) is 0 Å². The molecule has 0 radical (unpaired) electrons. The Kier molecular flexibility index (Phi) is 8.57. The molecule has 0 atom stereocenters. The van der Waals surface area contributed by atoms with Gasteiger partial charge in [-0.25, -0.2) is 0 Å². The molecule has 0 aliphatic heterocycles. The lowest BCUT2D eigenvalue weighted by Gasteiger charge is -2.07. The fourth-order valence-corrected chi connectivity index (χ4v) is 0.902. The van der Waals surface area contributed by atoms with Crippen LogP contribution in [0.15, 0.2) is 0 Å². The van der Waals surface area contributed by atoms with Gasteiger partial charge >= 0.3 is 0 Å². The van der Waals surface area contributed by atoms with Crippen molar-refractivity contribution in [3.63, 3.8) is 0 Å². The van der Waals surface area contributed by atoms with Crippen LogP contribution in [-0.4, -0.2) is 32.2 Å².